The maximum absolute atomic E-state index is 12.8. The maximum atomic E-state index is 12.8. The van der Waals surface area contributed by atoms with Gasteiger partial charge in [0.2, 0.25) is 0 Å². The van der Waals surface area contributed by atoms with Crippen LogP contribution in [-0.2, 0) is 5.41 Å². The number of aromatic amines is 1. The molecule has 1 spiro atoms. The van der Waals surface area contributed by atoms with E-state index < -0.39 is 0 Å². The number of aromatic nitrogens is 1. The highest BCUT2D eigenvalue weighted by Crippen LogP contribution is 2.45. The van der Waals surface area contributed by atoms with Crippen LogP contribution in [0.4, 0.5) is 0 Å². The quantitative estimate of drug-likeness (QED) is 0.654. The van der Waals surface area contributed by atoms with Gasteiger partial charge < -0.3 is 25.0 Å². The van der Waals surface area contributed by atoms with E-state index in [2.05, 4.69) is 16.4 Å². The average molecular weight is 377 g/mol. The van der Waals surface area contributed by atoms with E-state index in [1.54, 1.807) is 7.11 Å². The van der Waals surface area contributed by atoms with Crippen molar-refractivity contribution in [3.8, 4) is 5.75 Å². The molecule has 1 aromatic heterocycles. The second kappa shape index (κ2) is 6.36. The number of likely N-dealkylation sites (tertiary alicyclic amines) is 1. The molecule has 3 aromatic rings. The molecular formula is C22H23N3O3. The molecule has 144 valence electrons. The van der Waals surface area contributed by atoms with Crippen LogP contribution >= 0.6 is 0 Å². The van der Waals surface area contributed by atoms with Gasteiger partial charge in [-0.3, -0.25) is 4.79 Å². The minimum atomic E-state index is -0.141. The van der Waals surface area contributed by atoms with Crippen molar-refractivity contribution >= 4 is 16.8 Å². The van der Waals surface area contributed by atoms with Crippen LogP contribution < -0.4 is 10.1 Å². The fourth-order valence-corrected chi connectivity index (χ4v) is 4.68. The Bertz CT molecular complexity index is 1040. The van der Waals surface area contributed by atoms with E-state index in [1.807, 2.05) is 47.4 Å². The van der Waals surface area contributed by atoms with Gasteiger partial charge in [0.05, 0.1) is 19.8 Å². The number of benzene rings is 2. The average Bonchev–Trinajstić information content (AvgIpc) is 3.10. The summed E-state index contributed by atoms with van der Waals surface area (Å²) in [6, 6.07) is 15.3. The number of nitrogens with zero attached hydrogens (tertiary/aromatic N) is 1. The van der Waals surface area contributed by atoms with Gasteiger partial charge in [0, 0.05) is 53.3 Å². The molecule has 0 radical (unpaired) electrons. The molecule has 2 aliphatic heterocycles. The Morgan fingerprint density at radius 2 is 2.04 bits per heavy atom. The lowest BCUT2D eigenvalue weighted by Crippen LogP contribution is -2.67. The molecule has 0 bridgehead atoms. The van der Waals surface area contributed by atoms with Gasteiger partial charge >= 0.3 is 0 Å². The minimum absolute atomic E-state index is 0.0275. The van der Waals surface area contributed by atoms with E-state index in [0.717, 1.165) is 34.5 Å². The zero-order valence-corrected chi connectivity index (χ0v) is 15.7. The first-order chi connectivity index (χ1) is 13.6. The van der Waals surface area contributed by atoms with Crippen LogP contribution in [0.1, 0.15) is 27.7 Å². The maximum Gasteiger partial charge on any atom is 0.253 e. The zero-order valence-electron chi connectivity index (χ0n) is 15.7. The standard InChI is InChI=1S/C22H23N3O3/c1-28-15-7-8-16-17(9-15)24-20-18(10-26)23-11-22(19(16)20)12-25(13-22)21(27)14-5-3-2-4-6-14/h2-9,18,23-24,26H,10-13H2,1H3/t18-/m1/s1. The summed E-state index contributed by atoms with van der Waals surface area (Å²) in [5, 5.41) is 14.4. The van der Waals surface area contributed by atoms with Crippen molar-refractivity contribution < 1.29 is 14.6 Å². The van der Waals surface area contributed by atoms with Gasteiger partial charge in [-0.05, 0) is 29.8 Å². The van der Waals surface area contributed by atoms with Crippen LogP contribution in [0.15, 0.2) is 48.5 Å². The number of fused-ring (bicyclic) bond motifs is 4. The van der Waals surface area contributed by atoms with E-state index in [-0.39, 0.29) is 24.0 Å². The van der Waals surface area contributed by atoms with Crippen LogP contribution in [0.5, 0.6) is 5.75 Å². The van der Waals surface area contributed by atoms with Gasteiger partial charge in [0.1, 0.15) is 5.75 Å². The number of carbonyl (C=O) groups is 1. The molecule has 1 atom stereocenters. The summed E-state index contributed by atoms with van der Waals surface area (Å²) in [5.74, 6) is 0.863. The first-order valence-electron chi connectivity index (χ1n) is 9.54. The Kier molecular flexibility index (Phi) is 3.92. The number of H-pyrrole nitrogens is 1. The Morgan fingerprint density at radius 1 is 1.25 bits per heavy atom. The lowest BCUT2D eigenvalue weighted by Gasteiger charge is -2.53. The molecule has 2 aliphatic rings. The number of aliphatic hydroxyl groups excluding tert-OH is 1. The van der Waals surface area contributed by atoms with E-state index in [1.165, 1.54) is 5.56 Å². The number of methoxy groups -OCH3 is 1. The van der Waals surface area contributed by atoms with E-state index >= 15 is 0 Å². The summed E-state index contributed by atoms with van der Waals surface area (Å²) in [7, 11) is 1.66. The van der Waals surface area contributed by atoms with Crippen molar-refractivity contribution in [1.29, 1.82) is 0 Å². The fraction of sp³-hybridized carbons (Fsp3) is 0.318. The van der Waals surface area contributed by atoms with Crippen molar-refractivity contribution in [2.24, 2.45) is 0 Å². The highest BCUT2D eigenvalue weighted by molar-refractivity contribution is 5.96. The molecule has 1 fully saturated rings. The highest BCUT2D eigenvalue weighted by atomic mass is 16.5. The molecule has 5 rings (SSSR count). The first kappa shape index (κ1) is 17.3. The third-order valence-electron chi connectivity index (χ3n) is 6.08. The number of hydrogen-bond acceptors (Lipinski definition) is 4. The van der Waals surface area contributed by atoms with Gasteiger partial charge in [-0.25, -0.2) is 0 Å². The Hall–Kier alpha value is -2.83. The van der Waals surface area contributed by atoms with E-state index in [4.69, 9.17) is 4.74 Å². The zero-order chi connectivity index (χ0) is 19.3. The molecule has 0 aliphatic carbocycles. The molecule has 6 heteroatoms. The van der Waals surface area contributed by atoms with Crippen molar-refractivity contribution in [3.05, 3.63) is 65.4 Å². The second-order valence-electron chi connectivity index (χ2n) is 7.75. The Labute approximate surface area is 163 Å². The fourth-order valence-electron chi connectivity index (χ4n) is 4.68. The van der Waals surface area contributed by atoms with Crippen LogP contribution in [0.2, 0.25) is 0 Å². The summed E-state index contributed by atoms with van der Waals surface area (Å²) in [6.07, 6.45) is 0. The summed E-state index contributed by atoms with van der Waals surface area (Å²) in [5.41, 5.74) is 3.82. The molecule has 0 unspecified atom stereocenters. The lowest BCUT2D eigenvalue weighted by atomic mass is 9.69. The normalized spacial score (nSPS) is 20.1. The molecule has 0 saturated carbocycles. The number of rotatable bonds is 3. The van der Waals surface area contributed by atoms with Crippen molar-refractivity contribution in [1.82, 2.24) is 15.2 Å². The molecule has 3 N–H and O–H groups in total. The molecular weight excluding hydrogens is 354 g/mol. The van der Waals surface area contributed by atoms with Gasteiger partial charge in [0.25, 0.3) is 5.91 Å². The topological polar surface area (TPSA) is 77.6 Å². The Balaban J connectivity index is 1.52. The van der Waals surface area contributed by atoms with Crippen LogP contribution in [0.3, 0.4) is 0 Å². The van der Waals surface area contributed by atoms with Crippen LogP contribution in [0, 0.1) is 0 Å². The molecule has 1 saturated heterocycles. The number of ether oxygens (including phenoxy) is 1. The number of nitrogens with one attached hydrogen (secondary N) is 2. The Morgan fingerprint density at radius 3 is 2.75 bits per heavy atom. The van der Waals surface area contributed by atoms with Gasteiger partial charge in [0.15, 0.2) is 0 Å². The van der Waals surface area contributed by atoms with Gasteiger partial charge in [-0.2, -0.15) is 0 Å². The van der Waals surface area contributed by atoms with Crippen molar-refractivity contribution in [3.63, 3.8) is 0 Å². The predicted octanol–water partition coefficient (Wildman–Crippen LogP) is 2.21. The number of carbonyl (C=O) groups excluding carboxylic acids is 1. The summed E-state index contributed by atoms with van der Waals surface area (Å²) < 4.78 is 5.36. The third kappa shape index (κ3) is 2.45. The van der Waals surface area contributed by atoms with Crippen LogP contribution in [0.25, 0.3) is 10.9 Å². The molecule has 6 nitrogen and oxygen atoms in total. The molecule has 28 heavy (non-hydrogen) atoms. The SMILES string of the molecule is COc1ccc2c3c([nH]c2c1)[C@@H](CO)NCC31CN(C(=O)c2ccccc2)C1. The molecule has 2 aromatic carbocycles. The lowest BCUT2D eigenvalue weighted by molar-refractivity contribution is 0.0340. The summed E-state index contributed by atoms with van der Waals surface area (Å²) in [4.78, 5) is 18.2. The number of amides is 1. The van der Waals surface area contributed by atoms with Crippen molar-refractivity contribution in [2.75, 3.05) is 33.4 Å². The minimum Gasteiger partial charge on any atom is -0.497 e. The number of hydrogen-bond donors (Lipinski definition) is 3. The summed E-state index contributed by atoms with van der Waals surface area (Å²) in [6.45, 7) is 2.10. The van der Waals surface area contributed by atoms with Crippen molar-refractivity contribution in [2.45, 2.75) is 11.5 Å². The monoisotopic (exact) mass is 377 g/mol. The second-order valence-corrected chi connectivity index (χ2v) is 7.75. The number of aliphatic hydroxyl groups is 1. The summed E-state index contributed by atoms with van der Waals surface area (Å²) >= 11 is 0. The third-order valence-corrected chi connectivity index (χ3v) is 6.08. The first-order valence-corrected chi connectivity index (χ1v) is 9.54. The van der Waals surface area contributed by atoms with E-state index in [0.29, 0.717) is 13.1 Å². The molecule has 3 heterocycles. The van der Waals surface area contributed by atoms with Gasteiger partial charge in [-0.1, -0.05) is 18.2 Å². The van der Waals surface area contributed by atoms with E-state index in [9.17, 15) is 9.90 Å². The predicted molar refractivity (Wildman–Crippen MR) is 107 cm³/mol. The highest BCUT2D eigenvalue weighted by Gasteiger charge is 2.51. The van der Waals surface area contributed by atoms with Crippen LogP contribution in [-0.4, -0.2) is 54.2 Å². The van der Waals surface area contributed by atoms with Gasteiger partial charge in [-0.15, -0.1) is 0 Å². The smallest absolute Gasteiger partial charge is 0.253 e. The molecule has 1 amide bonds. The largest absolute Gasteiger partial charge is 0.497 e.